The quantitative estimate of drug-likeness (QED) is 0.669. The van der Waals surface area contributed by atoms with E-state index < -0.39 is 5.54 Å². The van der Waals surface area contributed by atoms with Crippen LogP contribution in [-0.4, -0.2) is 43.7 Å². The van der Waals surface area contributed by atoms with Gasteiger partial charge in [-0.2, -0.15) is 0 Å². The number of rotatable bonds is 5. The molecule has 0 aromatic heterocycles. The number of carbonyl (C=O) groups is 2. The fraction of sp³-hybridized carbons (Fsp3) is 0.467. The largest absolute Gasteiger partial charge is 0.381 e. The molecule has 0 unspecified atom stereocenters. The second-order valence-corrected chi connectivity index (χ2v) is 6.21. The summed E-state index contributed by atoms with van der Waals surface area (Å²) < 4.78 is 6.06. The Kier molecular flexibility index (Phi) is 5.93. The van der Waals surface area contributed by atoms with Crippen LogP contribution in [0, 0.1) is 0 Å². The smallest absolute Gasteiger partial charge is 0.251 e. The van der Waals surface area contributed by atoms with E-state index in [1.54, 1.807) is 18.2 Å². The van der Waals surface area contributed by atoms with Crippen molar-refractivity contribution in [2.24, 2.45) is 5.73 Å². The molecule has 2 amide bonds. The summed E-state index contributed by atoms with van der Waals surface area (Å²) in [5.41, 5.74) is 5.78. The highest BCUT2D eigenvalue weighted by atomic mass is 79.9. The summed E-state index contributed by atoms with van der Waals surface area (Å²) in [5.74, 6) is -0.364. The lowest BCUT2D eigenvalue weighted by molar-refractivity contribution is -0.129. The minimum atomic E-state index is -0.855. The van der Waals surface area contributed by atoms with E-state index in [1.807, 2.05) is 6.07 Å². The first kappa shape index (κ1) is 16.9. The molecule has 0 radical (unpaired) electrons. The first-order valence-corrected chi connectivity index (χ1v) is 7.99. The molecule has 0 bridgehead atoms. The maximum absolute atomic E-state index is 12.1. The van der Waals surface area contributed by atoms with Gasteiger partial charge in [0.2, 0.25) is 5.91 Å². The molecule has 0 atom stereocenters. The number of halogens is 1. The average Bonchev–Trinajstić information content (AvgIpc) is 2.51. The molecule has 7 heteroatoms. The van der Waals surface area contributed by atoms with Gasteiger partial charge in [-0.25, -0.2) is 0 Å². The second-order valence-electron chi connectivity index (χ2n) is 5.29. The molecule has 1 aliphatic heterocycles. The van der Waals surface area contributed by atoms with Crippen molar-refractivity contribution < 1.29 is 14.3 Å². The van der Waals surface area contributed by atoms with E-state index in [0.717, 1.165) is 4.47 Å². The summed E-state index contributed by atoms with van der Waals surface area (Å²) in [5, 5.41) is 5.52. The molecule has 120 valence electrons. The zero-order valence-corrected chi connectivity index (χ0v) is 13.8. The number of nitrogens with two attached hydrogens (primary N) is 1. The third kappa shape index (κ3) is 4.53. The molecule has 1 fully saturated rings. The molecule has 1 aromatic rings. The van der Waals surface area contributed by atoms with Crippen molar-refractivity contribution in [2.75, 3.05) is 26.3 Å². The first-order valence-electron chi connectivity index (χ1n) is 7.20. The molecule has 1 saturated heterocycles. The van der Waals surface area contributed by atoms with Crippen LogP contribution >= 0.6 is 15.9 Å². The van der Waals surface area contributed by atoms with E-state index >= 15 is 0 Å². The van der Waals surface area contributed by atoms with Crippen LogP contribution in [0.4, 0.5) is 0 Å². The summed E-state index contributed by atoms with van der Waals surface area (Å²) in [6.07, 6.45) is 1.03. The van der Waals surface area contributed by atoms with Gasteiger partial charge >= 0.3 is 0 Å². The zero-order chi connectivity index (χ0) is 16.0. The lowest BCUT2D eigenvalue weighted by Gasteiger charge is -2.31. The Morgan fingerprint density at radius 3 is 2.59 bits per heavy atom. The van der Waals surface area contributed by atoms with Crippen molar-refractivity contribution >= 4 is 27.7 Å². The predicted octanol–water partition coefficient (Wildman–Crippen LogP) is 0.803. The minimum absolute atomic E-state index is 0.177. The predicted molar refractivity (Wildman–Crippen MR) is 86.5 cm³/mol. The Morgan fingerprint density at radius 2 is 1.91 bits per heavy atom. The van der Waals surface area contributed by atoms with Crippen LogP contribution in [0.2, 0.25) is 0 Å². The molecule has 0 spiro atoms. The summed E-state index contributed by atoms with van der Waals surface area (Å²) in [7, 11) is 0. The van der Waals surface area contributed by atoms with Gasteiger partial charge < -0.3 is 21.1 Å². The number of carbonyl (C=O) groups excluding carboxylic acids is 2. The third-order valence-corrected chi connectivity index (χ3v) is 4.11. The fourth-order valence-corrected chi connectivity index (χ4v) is 2.62. The highest BCUT2D eigenvalue weighted by molar-refractivity contribution is 9.10. The van der Waals surface area contributed by atoms with Gasteiger partial charge in [0.1, 0.15) is 0 Å². The van der Waals surface area contributed by atoms with E-state index in [0.29, 0.717) is 44.7 Å². The van der Waals surface area contributed by atoms with Gasteiger partial charge in [0.25, 0.3) is 5.91 Å². The van der Waals surface area contributed by atoms with Crippen LogP contribution in [-0.2, 0) is 9.53 Å². The number of amides is 2. The van der Waals surface area contributed by atoms with Gasteiger partial charge in [-0.05, 0) is 31.0 Å². The normalized spacial score (nSPS) is 16.8. The van der Waals surface area contributed by atoms with Crippen LogP contribution in [0.1, 0.15) is 23.2 Å². The SMILES string of the molecule is NC1(C(=O)NCCNC(=O)c2cccc(Br)c2)CCOCC1. The summed E-state index contributed by atoms with van der Waals surface area (Å²) >= 11 is 3.32. The average molecular weight is 370 g/mol. The maximum Gasteiger partial charge on any atom is 0.251 e. The molecular formula is C15H20BrN3O3. The van der Waals surface area contributed by atoms with Crippen molar-refractivity contribution in [3.63, 3.8) is 0 Å². The molecule has 2 rings (SSSR count). The molecule has 4 N–H and O–H groups in total. The van der Waals surface area contributed by atoms with Gasteiger partial charge in [-0.1, -0.05) is 22.0 Å². The van der Waals surface area contributed by atoms with Crippen molar-refractivity contribution in [2.45, 2.75) is 18.4 Å². The Labute approximate surface area is 137 Å². The molecule has 1 aromatic carbocycles. The number of nitrogens with one attached hydrogen (secondary N) is 2. The molecule has 22 heavy (non-hydrogen) atoms. The highest BCUT2D eigenvalue weighted by Gasteiger charge is 2.35. The Balaban J connectivity index is 1.72. The van der Waals surface area contributed by atoms with Crippen LogP contribution in [0.25, 0.3) is 0 Å². The number of hydrogen-bond donors (Lipinski definition) is 3. The molecule has 0 saturated carbocycles. The topological polar surface area (TPSA) is 93.5 Å². The first-order chi connectivity index (χ1) is 10.5. The molecule has 0 aliphatic carbocycles. The molecule has 6 nitrogen and oxygen atoms in total. The van der Waals surface area contributed by atoms with E-state index in [4.69, 9.17) is 10.5 Å². The monoisotopic (exact) mass is 369 g/mol. The maximum atomic E-state index is 12.1. The second kappa shape index (κ2) is 7.71. The van der Waals surface area contributed by atoms with Crippen LogP contribution in [0.3, 0.4) is 0 Å². The van der Waals surface area contributed by atoms with E-state index in [2.05, 4.69) is 26.6 Å². The lowest BCUT2D eigenvalue weighted by atomic mass is 9.90. The van der Waals surface area contributed by atoms with Crippen molar-refractivity contribution in [3.05, 3.63) is 34.3 Å². The van der Waals surface area contributed by atoms with Gasteiger partial charge in [0.15, 0.2) is 0 Å². The highest BCUT2D eigenvalue weighted by Crippen LogP contribution is 2.17. The van der Waals surface area contributed by atoms with Gasteiger partial charge in [-0.15, -0.1) is 0 Å². The van der Waals surface area contributed by atoms with Gasteiger partial charge in [0, 0.05) is 36.3 Å². The fourth-order valence-electron chi connectivity index (χ4n) is 2.22. The van der Waals surface area contributed by atoms with E-state index in [-0.39, 0.29) is 11.8 Å². The molecule has 1 heterocycles. The van der Waals surface area contributed by atoms with E-state index in [9.17, 15) is 9.59 Å². The van der Waals surface area contributed by atoms with Gasteiger partial charge in [-0.3, -0.25) is 9.59 Å². The number of ether oxygens (including phenoxy) is 1. The third-order valence-electron chi connectivity index (χ3n) is 3.62. The summed E-state index contributed by atoms with van der Waals surface area (Å²) in [6, 6.07) is 7.12. The summed E-state index contributed by atoms with van der Waals surface area (Å²) in [4.78, 5) is 24.0. The van der Waals surface area contributed by atoms with Crippen molar-refractivity contribution in [1.29, 1.82) is 0 Å². The standard InChI is InChI=1S/C15H20BrN3O3/c16-12-3-1-2-11(10-12)13(20)18-6-7-19-14(21)15(17)4-8-22-9-5-15/h1-3,10H,4-9,17H2,(H,18,20)(H,19,21). The van der Waals surface area contributed by atoms with Crippen molar-refractivity contribution in [1.82, 2.24) is 10.6 Å². The number of benzene rings is 1. The Hall–Kier alpha value is -1.44. The van der Waals surface area contributed by atoms with Crippen LogP contribution in [0.5, 0.6) is 0 Å². The van der Waals surface area contributed by atoms with Crippen molar-refractivity contribution in [3.8, 4) is 0 Å². The molecular weight excluding hydrogens is 350 g/mol. The minimum Gasteiger partial charge on any atom is -0.381 e. The Morgan fingerprint density at radius 1 is 1.23 bits per heavy atom. The number of hydrogen-bond acceptors (Lipinski definition) is 4. The van der Waals surface area contributed by atoms with E-state index in [1.165, 1.54) is 0 Å². The Bertz CT molecular complexity index is 545. The molecule has 1 aliphatic rings. The van der Waals surface area contributed by atoms with Crippen LogP contribution < -0.4 is 16.4 Å². The lowest BCUT2D eigenvalue weighted by Crippen LogP contribution is -2.57. The van der Waals surface area contributed by atoms with Gasteiger partial charge in [0.05, 0.1) is 5.54 Å². The summed E-state index contributed by atoms with van der Waals surface area (Å²) in [6.45, 7) is 1.70. The van der Waals surface area contributed by atoms with Crippen LogP contribution in [0.15, 0.2) is 28.7 Å². The zero-order valence-electron chi connectivity index (χ0n) is 12.2.